The lowest BCUT2D eigenvalue weighted by Gasteiger charge is -2.05. The van der Waals surface area contributed by atoms with Gasteiger partial charge in [-0.25, -0.2) is 9.67 Å². The Hall–Kier alpha value is -3.26. The van der Waals surface area contributed by atoms with E-state index in [0.717, 1.165) is 10.6 Å². The molecule has 1 aromatic carbocycles. The number of amides is 1. The lowest BCUT2D eigenvalue weighted by Crippen LogP contribution is -2.31. The van der Waals surface area contributed by atoms with Crippen molar-refractivity contribution < 1.29 is 9.59 Å². The smallest absolute Gasteiger partial charge is 0.292 e. The number of imidazole rings is 1. The number of para-hydroxylation sites is 1. The van der Waals surface area contributed by atoms with E-state index in [1.807, 2.05) is 52.5 Å². The molecule has 0 unspecified atom stereocenters. The van der Waals surface area contributed by atoms with Crippen LogP contribution < -0.4 is 5.32 Å². The van der Waals surface area contributed by atoms with Crippen LogP contribution in [0.4, 0.5) is 0 Å². The first-order valence-corrected chi connectivity index (χ1v) is 9.28. The lowest BCUT2D eigenvalue weighted by molar-refractivity contribution is -0.117. The van der Waals surface area contributed by atoms with Crippen LogP contribution in [0.1, 0.15) is 27.4 Å². The maximum atomic E-state index is 12.7. The highest BCUT2D eigenvalue weighted by Gasteiger charge is 2.25. The van der Waals surface area contributed by atoms with Crippen LogP contribution in [0.2, 0.25) is 0 Å². The third-order valence-corrected chi connectivity index (χ3v) is 5.07. The number of ketones is 1. The van der Waals surface area contributed by atoms with Crippen molar-refractivity contribution in [2.45, 2.75) is 20.4 Å². The van der Waals surface area contributed by atoms with E-state index < -0.39 is 11.7 Å². The van der Waals surface area contributed by atoms with Crippen molar-refractivity contribution in [3.05, 3.63) is 70.8 Å². The number of nitrogens with zero attached hydrogens (tertiary/aromatic N) is 4. The van der Waals surface area contributed by atoms with Gasteiger partial charge in [0.2, 0.25) is 0 Å². The Morgan fingerprint density at radius 3 is 2.70 bits per heavy atom. The maximum Gasteiger partial charge on any atom is 0.292 e. The fourth-order valence-electron chi connectivity index (χ4n) is 3.02. The minimum Gasteiger partial charge on any atom is -0.343 e. The number of hydrogen-bond donors (Lipinski definition) is 1. The number of rotatable bonds is 5. The van der Waals surface area contributed by atoms with Crippen LogP contribution in [0, 0.1) is 13.8 Å². The summed E-state index contributed by atoms with van der Waals surface area (Å²) in [7, 11) is 0. The van der Waals surface area contributed by atoms with Crippen LogP contribution in [0.3, 0.4) is 0 Å². The molecule has 3 heterocycles. The van der Waals surface area contributed by atoms with Gasteiger partial charge >= 0.3 is 0 Å². The van der Waals surface area contributed by atoms with Crippen LogP contribution in [0.25, 0.3) is 10.6 Å². The normalized spacial score (nSPS) is 11.0. The van der Waals surface area contributed by atoms with Crippen LogP contribution in [-0.4, -0.2) is 30.9 Å². The maximum absolute atomic E-state index is 12.7. The molecule has 8 heteroatoms. The van der Waals surface area contributed by atoms with E-state index in [9.17, 15) is 9.59 Å². The monoisotopic (exact) mass is 379 g/mol. The summed E-state index contributed by atoms with van der Waals surface area (Å²) in [4.78, 5) is 30.3. The van der Waals surface area contributed by atoms with Gasteiger partial charge in [-0.2, -0.15) is 5.10 Å². The molecule has 7 nitrogen and oxygen atoms in total. The Morgan fingerprint density at radius 1 is 1.19 bits per heavy atom. The fraction of sp³-hybridized carbons (Fsp3) is 0.158. The molecule has 4 aromatic rings. The zero-order valence-corrected chi connectivity index (χ0v) is 15.7. The second-order valence-electron chi connectivity index (χ2n) is 6.13. The molecule has 0 fully saturated rings. The van der Waals surface area contributed by atoms with E-state index in [4.69, 9.17) is 0 Å². The van der Waals surface area contributed by atoms with Crippen molar-refractivity contribution in [2.24, 2.45) is 0 Å². The molecule has 0 radical (unpaired) electrons. The summed E-state index contributed by atoms with van der Waals surface area (Å²) in [6.07, 6.45) is 3.73. The Morgan fingerprint density at radius 2 is 1.96 bits per heavy atom. The first-order chi connectivity index (χ1) is 13.0. The van der Waals surface area contributed by atoms with E-state index in [0.29, 0.717) is 22.6 Å². The standard InChI is InChI=1S/C19H17N5O2S/c1-12-16(13(2)24(22-12)15-6-4-3-5-7-15)17(25)18(26)20-10-14-11-23-8-9-27-19(23)21-14/h3-9,11H,10H2,1-2H3,(H,20,26). The van der Waals surface area contributed by atoms with Gasteiger partial charge in [0.15, 0.2) is 4.96 Å². The van der Waals surface area contributed by atoms with E-state index in [-0.39, 0.29) is 6.54 Å². The van der Waals surface area contributed by atoms with Crippen molar-refractivity contribution in [3.8, 4) is 5.69 Å². The zero-order valence-electron chi connectivity index (χ0n) is 14.8. The molecule has 4 rings (SSSR count). The molecular formula is C19H17N5O2S. The molecule has 3 aromatic heterocycles. The number of Topliss-reactive ketones (excluding diaryl/α,β-unsaturated/α-hetero) is 1. The summed E-state index contributed by atoms with van der Waals surface area (Å²) in [6.45, 7) is 3.72. The average Bonchev–Trinajstić information content (AvgIpc) is 3.33. The molecule has 27 heavy (non-hydrogen) atoms. The molecule has 0 aliphatic carbocycles. The highest BCUT2D eigenvalue weighted by atomic mass is 32.1. The summed E-state index contributed by atoms with van der Waals surface area (Å²) < 4.78 is 3.56. The molecule has 0 atom stereocenters. The second kappa shape index (κ2) is 6.81. The van der Waals surface area contributed by atoms with E-state index in [1.165, 1.54) is 11.3 Å². The van der Waals surface area contributed by atoms with Crippen molar-refractivity contribution in [2.75, 3.05) is 0 Å². The second-order valence-corrected chi connectivity index (χ2v) is 7.00. The van der Waals surface area contributed by atoms with E-state index in [2.05, 4.69) is 15.4 Å². The first kappa shape index (κ1) is 17.2. The van der Waals surface area contributed by atoms with Crippen LogP contribution in [0.15, 0.2) is 48.1 Å². The number of nitrogens with one attached hydrogen (secondary N) is 1. The molecule has 1 N–H and O–H groups in total. The Bertz CT molecular complexity index is 1110. The molecular weight excluding hydrogens is 362 g/mol. The SMILES string of the molecule is Cc1nn(-c2ccccc2)c(C)c1C(=O)C(=O)NCc1cn2ccsc2n1. The number of fused-ring (bicyclic) bond motifs is 1. The summed E-state index contributed by atoms with van der Waals surface area (Å²) in [6, 6.07) is 9.51. The Kier molecular flexibility index (Phi) is 4.33. The number of aryl methyl sites for hydroxylation is 1. The van der Waals surface area contributed by atoms with Crippen molar-refractivity contribution in [1.82, 2.24) is 24.5 Å². The van der Waals surface area contributed by atoms with Gasteiger partial charge in [-0.1, -0.05) is 18.2 Å². The predicted octanol–water partition coefficient (Wildman–Crippen LogP) is 2.70. The largest absolute Gasteiger partial charge is 0.343 e. The lowest BCUT2D eigenvalue weighted by atomic mass is 10.1. The van der Waals surface area contributed by atoms with Crippen molar-refractivity contribution >= 4 is 28.0 Å². The third-order valence-electron chi connectivity index (χ3n) is 4.30. The summed E-state index contributed by atoms with van der Waals surface area (Å²) in [5, 5.41) is 9.01. The first-order valence-electron chi connectivity index (χ1n) is 8.40. The topological polar surface area (TPSA) is 81.3 Å². The van der Waals surface area contributed by atoms with E-state index >= 15 is 0 Å². The molecule has 0 bridgehead atoms. The van der Waals surface area contributed by atoms with Gasteiger partial charge in [-0.15, -0.1) is 11.3 Å². The molecule has 0 spiro atoms. The third kappa shape index (κ3) is 3.15. The van der Waals surface area contributed by atoms with Gasteiger partial charge in [0.1, 0.15) is 0 Å². The summed E-state index contributed by atoms with van der Waals surface area (Å²) in [5.74, 6) is -1.25. The van der Waals surface area contributed by atoms with Gasteiger partial charge in [-0.3, -0.25) is 14.0 Å². The summed E-state index contributed by atoms with van der Waals surface area (Å²) in [5.41, 5.74) is 3.05. The van der Waals surface area contributed by atoms with Gasteiger partial charge in [0.25, 0.3) is 11.7 Å². The predicted molar refractivity (Wildman–Crippen MR) is 102 cm³/mol. The number of benzene rings is 1. The molecule has 0 aliphatic heterocycles. The number of carbonyl (C=O) groups is 2. The molecule has 136 valence electrons. The molecule has 0 saturated carbocycles. The van der Waals surface area contributed by atoms with Gasteiger partial charge in [-0.05, 0) is 26.0 Å². The highest BCUT2D eigenvalue weighted by molar-refractivity contribution is 7.15. The number of hydrogen-bond acceptors (Lipinski definition) is 5. The minimum absolute atomic E-state index is 0.198. The van der Waals surface area contributed by atoms with Gasteiger partial charge < -0.3 is 5.32 Å². The molecule has 0 saturated heterocycles. The quantitative estimate of drug-likeness (QED) is 0.427. The fourth-order valence-corrected chi connectivity index (χ4v) is 3.74. The van der Waals surface area contributed by atoms with Gasteiger partial charge in [0.05, 0.1) is 34.9 Å². The number of thiazole rings is 1. The number of carbonyl (C=O) groups excluding carboxylic acids is 2. The Labute approximate surface area is 159 Å². The van der Waals surface area contributed by atoms with Crippen molar-refractivity contribution in [3.63, 3.8) is 0 Å². The molecule has 0 aliphatic rings. The average molecular weight is 379 g/mol. The van der Waals surface area contributed by atoms with Crippen LogP contribution in [-0.2, 0) is 11.3 Å². The van der Waals surface area contributed by atoms with Crippen LogP contribution in [0.5, 0.6) is 0 Å². The zero-order chi connectivity index (χ0) is 19.0. The van der Waals surface area contributed by atoms with E-state index in [1.54, 1.807) is 18.5 Å². The highest BCUT2D eigenvalue weighted by Crippen LogP contribution is 2.18. The van der Waals surface area contributed by atoms with Crippen LogP contribution >= 0.6 is 11.3 Å². The summed E-state index contributed by atoms with van der Waals surface area (Å²) >= 11 is 1.51. The number of aromatic nitrogens is 4. The minimum atomic E-state index is -0.662. The molecule has 1 amide bonds. The van der Waals surface area contributed by atoms with Gasteiger partial charge in [0, 0.05) is 17.8 Å². The van der Waals surface area contributed by atoms with Crippen molar-refractivity contribution in [1.29, 1.82) is 0 Å². The Balaban J connectivity index is 1.52.